The fourth-order valence-corrected chi connectivity index (χ4v) is 1.89. The van der Waals surface area contributed by atoms with Crippen LogP contribution in [-0.4, -0.2) is 30.3 Å². The molecule has 0 saturated heterocycles. The molecule has 1 amide bonds. The van der Waals surface area contributed by atoms with Gasteiger partial charge in [0, 0.05) is 6.04 Å². The third-order valence-electron chi connectivity index (χ3n) is 2.63. The van der Waals surface area contributed by atoms with E-state index in [1.165, 1.54) is 5.56 Å². The first kappa shape index (κ1) is 14.5. The zero-order chi connectivity index (χ0) is 13.7. The van der Waals surface area contributed by atoms with E-state index < -0.39 is 0 Å². The van der Waals surface area contributed by atoms with Crippen molar-refractivity contribution in [3.8, 4) is 5.75 Å². The lowest BCUT2D eigenvalue weighted by atomic mass is 10.1. The molecule has 0 aliphatic rings. The molecule has 1 aromatic rings. The molecule has 0 fully saturated rings. The van der Waals surface area contributed by atoms with Gasteiger partial charge in [0.1, 0.15) is 5.75 Å². The van der Waals surface area contributed by atoms with Crippen LogP contribution in [0, 0.1) is 20.8 Å². The number of benzene rings is 1. The molecule has 0 spiro atoms. The van der Waals surface area contributed by atoms with Crippen LogP contribution < -0.4 is 10.1 Å². The number of hydrogen-bond acceptors (Lipinski definition) is 3. The van der Waals surface area contributed by atoms with Gasteiger partial charge in [-0.1, -0.05) is 17.7 Å². The zero-order valence-corrected chi connectivity index (χ0v) is 11.4. The van der Waals surface area contributed by atoms with Crippen molar-refractivity contribution >= 4 is 5.91 Å². The van der Waals surface area contributed by atoms with E-state index in [0.717, 1.165) is 16.9 Å². The molecular weight excluding hydrogens is 230 g/mol. The lowest BCUT2D eigenvalue weighted by Crippen LogP contribution is -2.38. The SMILES string of the molecule is Cc1cc(C)c(OCC(=O)NC(C)CO)c(C)c1. The maximum absolute atomic E-state index is 11.5. The second-order valence-corrected chi connectivity index (χ2v) is 4.67. The molecule has 4 nitrogen and oxygen atoms in total. The third-order valence-corrected chi connectivity index (χ3v) is 2.63. The number of nitrogens with one attached hydrogen (secondary N) is 1. The van der Waals surface area contributed by atoms with Crippen molar-refractivity contribution in [2.45, 2.75) is 33.7 Å². The van der Waals surface area contributed by atoms with Gasteiger partial charge in [-0.25, -0.2) is 0 Å². The average molecular weight is 251 g/mol. The number of hydrogen-bond donors (Lipinski definition) is 2. The Morgan fingerprint density at radius 3 is 2.39 bits per heavy atom. The molecule has 1 rings (SSSR count). The molecule has 0 bridgehead atoms. The van der Waals surface area contributed by atoms with E-state index in [1.54, 1.807) is 6.92 Å². The summed E-state index contributed by atoms with van der Waals surface area (Å²) in [7, 11) is 0. The first-order valence-electron chi connectivity index (χ1n) is 6.05. The van der Waals surface area contributed by atoms with Crippen LogP contribution in [-0.2, 0) is 4.79 Å². The van der Waals surface area contributed by atoms with Crippen molar-refractivity contribution in [3.63, 3.8) is 0 Å². The van der Waals surface area contributed by atoms with Crippen LogP contribution in [0.25, 0.3) is 0 Å². The molecule has 0 saturated carbocycles. The number of aliphatic hydroxyl groups is 1. The summed E-state index contributed by atoms with van der Waals surface area (Å²) in [5, 5.41) is 11.5. The second-order valence-electron chi connectivity index (χ2n) is 4.67. The standard InChI is InChI=1S/C14H21NO3/c1-9-5-10(2)14(11(3)6-9)18-8-13(17)15-12(4)7-16/h5-6,12,16H,7-8H2,1-4H3,(H,15,17). The highest BCUT2D eigenvalue weighted by molar-refractivity contribution is 5.77. The van der Waals surface area contributed by atoms with Crippen LogP contribution in [0.2, 0.25) is 0 Å². The highest BCUT2D eigenvalue weighted by Crippen LogP contribution is 2.24. The lowest BCUT2D eigenvalue weighted by molar-refractivity contribution is -0.124. The molecule has 18 heavy (non-hydrogen) atoms. The van der Waals surface area contributed by atoms with Crippen LogP contribution in [0.5, 0.6) is 5.75 Å². The van der Waals surface area contributed by atoms with Gasteiger partial charge in [0.05, 0.1) is 6.61 Å². The molecular formula is C14H21NO3. The maximum Gasteiger partial charge on any atom is 0.258 e. The summed E-state index contributed by atoms with van der Waals surface area (Å²) in [5.74, 6) is 0.531. The van der Waals surface area contributed by atoms with E-state index >= 15 is 0 Å². The van der Waals surface area contributed by atoms with Gasteiger partial charge < -0.3 is 15.2 Å². The van der Waals surface area contributed by atoms with Crippen molar-refractivity contribution < 1.29 is 14.6 Å². The molecule has 1 aromatic carbocycles. The normalized spacial score (nSPS) is 12.1. The number of ether oxygens (including phenoxy) is 1. The zero-order valence-electron chi connectivity index (χ0n) is 11.4. The fourth-order valence-electron chi connectivity index (χ4n) is 1.89. The monoisotopic (exact) mass is 251 g/mol. The molecule has 0 heterocycles. The first-order chi connectivity index (χ1) is 8.43. The molecule has 100 valence electrons. The highest BCUT2D eigenvalue weighted by atomic mass is 16.5. The minimum Gasteiger partial charge on any atom is -0.483 e. The summed E-state index contributed by atoms with van der Waals surface area (Å²) < 4.78 is 5.54. The van der Waals surface area contributed by atoms with Gasteiger partial charge in [-0.3, -0.25) is 4.79 Å². The largest absolute Gasteiger partial charge is 0.483 e. The molecule has 0 aromatic heterocycles. The molecule has 0 aliphatic heterocycles. The predicted molar refractivity (Wildman–Crippen MR) is 70.8 cm³/mol. The highest BCUT2D eigenvalue weighted by Gasteiger charge is 2.10. The van der Waals surface area contributed by atoms with Crippen molar-refractivity contribution in [1.82, 2.24) is 5.32 Å². The number of aliphatic hydroxyl groups excluding tert-OH is 1. The van der Waals surface area contributed by atoms with Crippen LogP contribution in [0.15, 0.2) is 12.1 Å². The summed E-state index contributed by atoms with van der Waals surface area (Å²) in [6.45, 7) is 7.58. The number of carbonyl (C=O) groups excluding carboxylic acids is 1. The predicted octanol–water partition coefficient (Wildman–Crippen LogP) is 1.49. The summed E-state index contributed by atoms with van der Waals surface area (Å²) in [5.41, 5.74) is 3.22. The van der Waals surface area contributed by atoms with E-state index in [1.807, 2.05) is 32.9 Å². The lowest BCUT2D eigenvalue weighted by Gasteiger charge is -2.14. The Labute approximate surface area is 108 Å². The Morgan fingerprint density at radius 1 is 1.33 bits per heavy atom. The summed E-state index contributed by atoms with van der Waals surface area (Å²) in [6, 6.07) is 3.80. The summed E-state index contributed by atoms with van der Waals surface area (Å²) >= 11 is 0. The summed E-state index contributed by atoms with van der Waals surface area (Å²) in [4.78, 5) is 11.5. The van der Waals surface area contributed by atoms with Gasteiger partial charge in [-0.05, 0) is 38.8 Å². The van der Waals surface area contributed by atoms with E-state index in [4.69, 9.17) is 9.84 Å². The minimum absolute atomic E-state index is 0.0327. The Bertz CT molecular complexity index is 406. The number of amides is 1. The summed E-state index contributed by atoms with van der Waals surface area (Å²) in [6.07, 6.45) is 0. The van der Waals surface area contributed by atoms with Crippen molar-refractivity contribution in [2.24, 2.45) is 0 Å². The topological polar surface area (TPSA) is 58.6 Å². The second kappa shape index (κ2) is 6.40. The maximum atomic E-state index is 11.5. The van der Waals surface area contributed by atoms with E-state index in [0.29, 0.717) is 0 Å². The Hall–Kier alpha value is -1.55. The molecule has 4 heteroatoms. The van der Waals surface area contributed by atoms with Crippen LogP contribution >= 0.6 is 0 Å². The Balaban J connectivity index is 2.61. The van der Waals surface area contributed by atoms with Gasteiger partial charge in [-0.15, -0.1) is 0 Å². The number of aryl methyl sites for hydroxylation is 3. The van der Waals surface area contributed by atoms with Crippen molar-refractivity contribution in [2.75, 3.05) is 13.2 Å². The third kappa shape index (κ3) is 4.04. The van der Waals surface area contributed by atoms with Crippen molar-refractivity contribution in [1.29, 1.82) is 0 Å². The fraction of sp³-hybridized carbons (Fsp3) is 0.500. The molecule has 1 atom stereocenters. The number of rotatable bonds is 5. The van der Waals surface area contributed by atoms with Crippen LogP contribution in [0.1, 0.15) is 23.6 Å². The van der Waals surface area contributed by atoms with Gasteiger partial charge >= 0.3 is 0 Å². The van der Waals surface area contributed by atoms with Crippen LogP contribution in [0.3, 0.4) is 0 Å². The first-order valence-corrected chi connectivity index (χ1v) is 6.05. The molecule has 2 N–H and O–H groups in total. The number of carbonyl (C=O) groups is 1. The molecule has 0 aliphatic carbocycles. The van der Waals surface area contributed by atoms with E-state index in [9.17, 15) is 4.79 Å². The molecule has 1 unspecified atom stereocenters. The quantitative estimate of drug-likeness (QED) is 0.833. The van der Waals surface area contributed by atoms with E-state index in [-0.39, 0.29) is 25.2 Å². The average Bonchev–Trinajstić information content (AvgIpc) is 2.27. The van der Waals surface area contributed by atoms with Crippen LogP contribution in [0.4, 0.5) is 0 Å². The minimum atomic E-state index is -0.249. The smallest absolute Gasteiger partial charge is 0.258 e. The van der Waals surface area contributed by atoms with Gasteiger partial charge in [0.15, 0.2) is 6.61 Å². The Kier molecular flexibility index (Phi) is 5.16. The van der Waals surface area contributed by atoms with Gasteiger partial charge in [-0.2, -0.15) is 0 Å². The molecule has 0 radical (unpaired) electrons. The van der Waals surface area contributed by atoms with Gasteiger partial charge in [0.25, 0.3) is 5.91 Å². The van der Waals surface area contributed by atoms with E-state index in [2.05, 4.69) is 5.32 Å². The Morgan fingerprint density at radius 2 is 1.89 bits per heavy atom. The van der Waals surface area contributed by atoms with Crippen molar-refractivity contribution in [3.05, 3.63) is 28.8 Å². The van der Waals surface area contributed by atoms with Gasteiger partial charge in [0.2, 0.25) is 0 Å².